The van der Waals surface area contributed by atoms with Crippen LogP contribution in [0.5, 0.6) is 0 Å². The molecule has 4 aromatic carbocycles. The zero-order valence-corrected chi connectivity index (χ0v) is 24.8. The van der Waals surface area contributed by atoms with E-state index in [1.165, 1.54) is 0 Å². The van der Waals surface area contributed by atoms with Crippen LogP contribution >= 0.6 is 0 Å². The van der Waals surface area contributed by atoms with Gasteiger partial charge in [-0.15, -0.1) is 0 Å². The maximum atomic E-state index is 13.2. The summed E-state index contributed by atoms with van der Waals surface area (Å²) in [6.07, 6.45) is 0. The van der Waals surface area contributed by atoms with E-state index in [2.05, 4.69) is 16.0 Å². The van der Waals surface area contributed by atoms with E-state index in [0.29, 0.717) is 29.2 Å². The van der Waals surface area contributed by atoms with Crippen LogP contribution in [0, 0.1) is 0 Å². The van der Waals surface area contributed by atoms with E-state index in [0.717, 1.165) is 23.5 Å². The fourth-order valence-electron chi connectivity index (χ4n) is 3.94. The molecule has 0 amide bonds. The van der Waals surface area contributed by atoms with Crippen molar-refractivity contribution in [2.45, 2.75) is 19.8 Å². The van der Waals surface area contributed by atoms with Crippen molar-refractivity contribution < 1.29 is 51.6 Å². The summed E-state index contributed by atoms with van der Waals surface area (Å²) in [5.41, 5.74) is -10.3. The molecule has 0 spiro atoms. The maximum absolute atomic E-state index is 13.2. The highest BCUT2D eigenvalue weighted by molar-refractivity contribution is 8.24. The summed E-state index contributed by atoms with van der Waals surface area (Å²) in [5.74, 6) is 0. The van der Waals surface area contributed by atoms with E-state index in [9.17, 15) is 51.6 Å². The third-order valence-corrected chi connectivity index (χ3v) is 14.2. The molecule has 0 heterocycles. The molecule has 0 aromatic heterocycles. The van der Waals surface area contributed by atoms with Crippen molar-refractivity contribution in [3.05, 3.63) is 103 Å². The Labute approximate surface area is 253 Å². The molecule has 4 rings (SSSR count). The van der Waals surface area contributed by atoms with Crippen LogP contribution in [0.15, 0.2) is 108 Å². The number of hydrogen-bond donors (Lipinski definition) is 3. The van der Waals surface area contributed by atoms with E-state index in [4.69, 9.17) is 0 Å². The fraction of sp³-hybridized carbons (Fsp3) is 0.111. The first kappa shape index (κ1) is 33.6. The van der Waals surface area contributed by atoms with Gasteiger partial charge in [-0.1, -0.05) is 36.4 Å². The molecule has 0 bridgehead atoms. The van der Waals surface area contributed by atoms with Gasteiger partial charge >= 0.3 is 11.0 Å². The summed E-state index contributed by atoms with van der Waals surface area (Å²) < 4.78 is 147. The molecule has 4 aromatic rings. The molecule has 45 heavy (non-hydrogen) atoms. The molecule has 0 fully saturated rings. The van der Waals surface area contributed by atoms with E-state index in [-0.39, 0.29) is 5.69 Å². The van der Waals surface area contributed by atoms with E-state index in [1.807, 2.05) is 12.1 Å². The van der Waals surface area contributed by atoms with Gasteiger partial charge in [-0.3, -0.25) is 0 Å². The molecule has 0 aliphatic rings. The fourth-order valence-corrected chi connectivity index (χ4v) is 11.1. The predicted octanol–water partition coefficient (Wildman–Crippen LogP) is 6.84. The Morgan fingerprint density at radius 2 is 0.756 bits per heavy atom. The Balaban J connectivity index is 1.70. The van der Waals surface area contributed by atoms with Crippen LogP contribution in [0.2, 0.25) is 0 Å². The zero-order chi connectivity index (χ0) is 33.3. The standard InChI is InChI=1S/C27H21F6N3O6S3/c28-26(29,30)44(39,40)25(45(41,42)27(31,32)33)43(37,38)24-13-11-20(12-14-24)36-23-16-21(34-18-7-3-1-4-8-18)15-22(17-23)35-19-9-5-2-6-10-19/h1-17,25,34-36H. The summed E-state index contributed by atoms with van der Waals surface area (Å²) in [4.78, 5) is -1.41. The van der Waals surface area contributed by atoms with E-state index in [1.54, 1.807) is 66.7 Å². The van der Waals surface area contributed by atoms with Crippen molar-refractivity contribution >= 4 is 63.6 Å². The van der Waals surface area contributed by atoms with Crippen molar-refractivity contribution in [1.29, 1.82) is 0 Å². The maximum Gasteiger partial charge on any atom is 0.499 e. The SMILES string of the molecule is O=S(=O)(c1ccc(Nc2cc(Nc3ccccc3)cc(Nc3ccccc3)c2)cc1)C(S(=O)(=O)C(F)(F)F)S(=O)(=O)C(F)(F)F. The number of nitrogens with one attached hydrogen (secondary N) is 3. The molecule has 3 N–H and O–H groups in total. The Bertz CT molecular complexity index is 1890. The van der Waals surface area contributed by atoms with Crippen LogP contribution in [0.4, 0.5) is 60.5 Å². The van der Waals surface area contributed by atoms with Crippen LogP contribution in [0.3, 0.4) is 0 Å². The molecule has 0 radical (unpaired) electrons. The molecule has 9 nitrogen and oxygen atoms in total. The van der Waals surface area contributed by atoms with Gasteiger partial charge in [0.05, 0.1) is 4.90 Å². The number of alkyl halides is 6. The smallest absolute Gasteiger partial charge is 0.355 e. The number of rotatable bonds is 10. The molecule has 0 saturated carbocycles. The molecular weight excluding hydrogens is 673 g/mol. The Kier molecular flexibility index (Phi) is 9.14. The van der Waals surface area contributed by atoms with Gasteiger partial charge in [-0.25, -0.2) is 25.3 Å². The van der Waals surface area contributed by atoms with Crippen LogP contribution in [-0.4, -0.2) is 40.2 Å². The second-order valence-electron chi connectivity index (χ2n) is 9.25. The largest absolute Gasteiger partial charge is 0.499 e. The monoisotopic (exact) mass is 693 g/mol. The zero-order valence-electron chi connectivity index (χ0n) is 22.3. The van der Waals surface area contributed by atoms with E-state index < -0.39 is 49.3 Å². The van der Waals surface area contributed by atoms with Gasteiger partial charge in [-0.2, -0.15) is 26.3 Å². The third-order valence-electron chi connectivity index (χ3n) is 5.93. The minimum absolute atomic E-state index is 0.0605. The van der Waals surface area contributed by atoms with Crippen LogP contribution in [0.25, 0.3) is 0 Å². The van der Waals surface area contributed by atoms with Crippen molar-refractivity contribution in [3.63, 3.8) is 0 Å². The van der Waals surface area contributed by atoms with E-state index >= 15 is 0 Å². The minimum atomic E-state index is -7.43. The lowest BCUT2D eigenvalue weighted by Crippen LogP contribution is -2.49. The first-order valence-corrected chi connectivity index (χ1v) is 17.0. The molecule has 0 saturated heterocycles. The second kappa shape index (κ2) is 12.2. The van der Waals surface area contributed by atoms with Gasteiger partial charge in [0.2, 0.25) is 9.84 Å². The van der Waals surface area contributed by atoms with Crippen molar-refractivity contribution in [3.8, 4) is 0 Å². The summed E-state index contributed by atoms with van der Waals surface area (Å²) in [5, 5.41) is 9.29. The average molecular weight is 694 g/mol. The highest BCUT2D eigenvalue weighted by Crippen LogP contribution is 2.41. The van der Waals surface area contributed by atoms with Crippen LogP contribution in [0.1, 0.15) is 0 Å². The predicted molar refractivity (Wildman–Crippen MR) is 157 cm³/mol. The molecule has 0 aliphatic heterocycles. The molecule has 0 aliphatic carbocycles. The molecule has 240 valence electrons. The lowest BCUT2D eigenvalue weighted by Gasteiger charge is -2.21. The molecular formula is C27H21F6N3O6S3. The first-order chi connectivity index (χ1) is 20.8. The summed E-state index contributed by atoms with van der Waals surface area (Å²) >= 11 is 0. The number of anilines is 6. The van der Waals surface area contributed by atoms with Crippen molar-refractivity contribution in [2.75, 3.05) is 16.0 Å². The Hall–Kier alpha value is -4.29. The van der Waals surface area contributed by atoms with Crippen LogP contribution in [-0.2, 0) is 29.5 Å². The number of para-hydroxylation sites is 2. The first-order valence-electron chi connectivity index (χ1n) is 12.3. The lowest BCUT2D eigenvalue weighted by molar-refractivity contribution is -0.0462. The van der Waals surface area contributed by atoms with Gasteiger partial charge in [0.25, 0.3) is 23.6 Å². The topological polar surface area (TPSA) is 139 Å². The Morgan fingerprint density at radius 3 is 1.07 bits per heavy atom. The molecule has 0 unspecified atom stereocenters. The second-order valence-corrected chi connectivity index (χ2v) is 16.2. The normalized spacial score (nSPS) is 13.0. The third kappa shape index (κ3) is 7.34. The lowest BCUT2D eigenvalue weighted by atomic mass is 10.2. The average Bonchev–Trinajstić information content (AvgIpc) is 2.93. The number of sulfone groups is 3. The van der Waals surface area contributed by atoms with Crippen molar-refractivity contribution in [2.24, 2.45) is 0 Å². The number of hydrogen-bond acceptors (Lipinski definition) is 9. The summed E-state index contributed by atoms with van der Waals surface area (Å²) in [6.45, 7) is 0. The molecule has 18 heteroatoms. The van der Waals surface area contributed by atoms with Gasteiger partial charge in [0.15, 0.2) is 0 Å². The van der Waals surface area contributed by atoms with Gasteiger partial charge in [0, 0.05) is 34.1 Å². The highest BCUT2D eigenvalue weighted by atomic mass is 32.3. The number of benzene rings is 4. The highest BCUT2D eigenvalue weighted by Gasteiger charge is 2.68. The van der Waals surface area contributed by atoms with Crippen LogP contribution < -0.4 is 16.0 Å². The number of halogens is 6. The summed E-state index contributed by atoms with van der Waals surface area (Å²) in [7, 11) is -21.2. The molecule has 0 atom stereocenters. The van der Waals surface area contributed by atoms with Gasteiger partial charge in [-0.05, 0) is 66.7 Å². The van der Waals surface area contributed by atoms with Crippen molar-refractivity contribution in [1.82, 2.24) is 0 Å². The van der Waals surface area contributed by atoms with Gasteiger partial charge < -0.3 is 16.0 Å². The van der Waals surface area contributed by atoms with Gasteiger partial charge in [0.1, 0.15) is 0 Å². The Morgan fingerprint density at radius 1 is 0.444 bits per heavy atom. The minimum Gasteiger partial charge on any atom is -0.355 e. The quantitative estimate of drug-likeness (QED) is 0.152. The summed E-state index contributed by atoms with van der Waals surface area (Å²) in [6, 6.07) is 25.8.